The Hall–Kier alpha value is -0.860. The highest BCUT2D eigenvalue weighted by molar-refractivity contribution is 7.55. The molecule has 0 aliphatic heterocycles. The van der Waals surface area contributed by atoms with E-state index in [0.29, 0.717) is 0 Å². The molecule has 0 fully saturated rings. The summed E-state index contributed by atoms with van der Waals surface area (Å²) in [6, 6.07) is 4.54. The van der Waals surface area contributed by atoms with Crippen LogP contribution in [0.2, 0.25) is 0 Å². The Morgan fingerprint density at radius 3 is 2.38 bits per heavy atom. The van der Waals surface area contributed by atoms with E-state index < -0.39 is 30.5 Å². The molecule has 1 aromatic carbocycles. The molecule has 2 N–H and O–H groups in total. The molecule has 1 rings (SSSR count). The number of hydrogen-bond donors (Lipinski definition) is 2. The molecule has 0 aromatic heterocycles. The van der Waals surface area contributed by atoms with Crippen molar-refractivity contribution < 1.29 is 28.3 Å². The van der Waals surface area contributed by atoms with E-state index in [1.165, 1.54) is 26.0 Å². The molecule has 0 radical (unpaired) electrons. The fourth-order valence-corrected chi connectivity index (χ4v) is 3.78. The second kappa shape index (κ2) is 7.42. The van der Waals surface area contributed by atoms with E-state index in [1.807, 2.05) is 0 Å². The SMILES string of the molecule is CCOP(=O)(OCC)[C@@](O)(CN([O-])O)c1cccc(F)c1. The van der Waals surface area contributed by atoms with Gasteiger partial charge in [0.1, 0.15) is 5.82 Å². The molecule has 1 aromatic rings. The van der Waals surface area contributed by atoms with Crippen molar-refractivity contribution in [3.05, 3.63) is 40.9 Å². The Morgan fingerprint density at radius 2 is 1.95 bits per heavy atom. The van der Waals surface area contributed by atoms with E-state index in [4.69, 9.17) is 14.3 Å². The van der Waals surface area contributed by atoms with Crippen molar-refractivity contribution in [1.29, 1.82) is 0 Å². The number of hydrogen-bond acceptors (Lipinski definition) is 7. The fraction of sp³-hybridized carbons (Fsp3) is 0.500. The lowest BCUT2D eigenvalue weighted by molar-refractivity contribution is -0.0891. The van der Waals surface area contributed by atoms with Crippen molar-refractivity contribution in [1.82, 2.24) is 5.23 Å². The monoisotopic (exact) mass is 322 g/mol. The zero-order valence-electron chi connectivity index (χ0n) is 11.7. The lowest BCUT2D eigenvalue weighted by Gasteiger charge is -2.38. The maximum atomic E-state index is 13.4. The lowest BCUT2D eigenvalue weighted by Crippen LogP contribution is -2.38. The molecule has 0 bridgehead atoms. The summed E-state index contributed by atoms with van der Waals surface area (Å²) in [4.78, 5) is 0. The van der Waals surface area contributed by atoms with Gasteiger partial charge in [-0.15, -0.1) is 0 Å². The van der Waals surface area contributed by atoms with Crippen LogP contribution < -0.4 is 0 Å². The van der Waals surface area contributed by atoms with Crippen LogP contribution in [0.3, 0.4) is 0 Å². The van der Waals surface area contributed by atoms with Crippen molar-refractivity contribution in [2.24, 2.45) is 0 Å². The summed E-state index contributed by atoms with van der Waals surface area (Å²) in [5.41, 5.74) is -0.192. The number of halogens is 1. The maximum Gasteiger partial charge on any atom is 0.367 e. The first-order valence-corrected chi connectivity index (χ1v) is 7.84. The molecule has 21 heavy (non-hydrogen) atoms. The molecule has 9 heteroatoms. The average Bonchev–Trinajstić information content (AvgIpc) is 2.38. The molecule has 0 aliphatic carbocycles. The van der Waals surface area contributed by atoms with Gasteiger partial charge in [0.15, 0.2) is 0 Å². The van der Waals surface area contributed by atoms with Crippen LogP contribution in [-0.2, 0) is 19.0 Å². The normalized spacial score (nSPS) is 15.2. The third kappa shape index (κ3) is 4.08. The second-order valence-electron chi connectivity index (χ2n) is 4.17. The van der Waals surface area contributed by atoms with E-state index >= 15 is 0 Å². The Bertz CT molecular complexity index is 504. The zero-order valence-corrected chi connectivity index (χ0v) is 12.6. The van der Waals surface area contributed by atoms with Gasteiger partial charge in [0.2, 0.25) is 5.34 Å². The number of aliphatic hydroxyl groups is 1. The third-order valence-corrected chi connectivity index (χ3v) is 5.20. The average molecular weight is 322 g/mol. The summed E-state index contributed by atoms with van der Waals surface area (Å²) < 4.78 is 36.2. The Labute approximate surface area is 122 Å². The third-order valence-electron chi connectivity index (χ3n) is 2.69. The van der Waals surface area contributed by atoms with Crippen LogP contribution >= 0.6 is 7.60 Å². The topological polar surface area (TPSA) is 102 Å². The number of nitrogens with zero attached hydrogens (tertiary/aromatic N) is 1. The van der Waals surface area contributed by atoms with Gasteiger partial charge in [0.05, 0.1) is 19.8 Å². The minimum absolute atomic E-state index is 0.0702. The van der Waals surface area contributed by atoms with E-state index in [2.05, 4.69) is 0 Å². The maximum absolute atomic E-state index is 13.4. The predicted octanol–water partition coefficient (Wildman–Crippen LogP) is 2.43. The van der Waals surface area contributed by atoms with Gasteiger partial charge in [-0.25, -0.2) is 4.39 Å². The van der Waals surface area contributed by atoms with Crippen LogP contribution in [0, 0.1) is 11.0 Å². The van der Waals surface area contributed by atoms with Gasteiger partial charge >= 0.3 is 7.60 Å². The summed E-state index contributed by atoms with van der Waals surface area (Å²) in [5.74, 6) is -0.708. The van der Waals surface area contributed by atoms with Crippen LogP contribution in [0.4, 0.5) is 4.39 Å². The van der Waals surface area contributed by atoms with E-state index in [9.17, 15) is 19.3 Å². The Balaban J connectivity index is 3.40. The van der Waals surface area contributed by atoms with Crippen LogP contribution in [-0.4, -0.2) is 35.3 Å². The van der Waals surface area contributed by atoms with Gasteiger partial charge in [0.25, 0.3) is 0 Å². The minimum atomic E-state index is -4.25. The Morgan fingerprint density at radius 1 is 1.38 bits per heavy atom. The van der Waals surface area contributed by atoms with Crippen molar-refractivity contribution in [3.8, 4) is 0 Å². The van der Waals surface area contributed by atoms with Crippen LogP contribution in [0.5, 0.6) is 0 Å². The lowest BCUT2D eigenvalue weighted by atomic mass is 10.1. The molecule has 1 atom stereocenters. The summed E-state index contributed by atoms with van der Waals surface area (Å²) in [6.07, 6.45) is 0. The quantitative estimate of drug-likeness (QED) is 0.559. The van der Waals surface area contributed by atoms with Gasteiger partial charge in [-0.05, 0) is 31.5 Å². The van der Waals surface area contributed by atoms with E-state index in [1.54, 1.807) is 0 Å². The predicted molar refractivity (Wildman–Crippen MR) is 73.0 cm³/mol. The molecule has 0 aliphatic rings. The molecule has 7 nitrogen and oxygen atoms in total. The van der Waals surface area contributed by atoms with Crippen molar-refractivity contribution in [2.45, 2.75) is 19.2 Å². The van der Waals surface area contributed by atoms with Crippen LogP contribution in [0.1, 0.15) is 19.4 Å². The summed E-state index contributed by atoms with van der Waals surface area (Å²) in [6.45, 7) is 1.88. The van der Waals surface area contributed by atoms with Gasteiger partial charge in [-0.2, -0.15) is 0 Å². The first-order chi connectivity index (χ1) is 9.79. The van der Waals surface area contributed by atoms with Crippen LogP contribution in [0.15, 0.2) is 24.3 Å². The number of hydroxylamine groups is 2. The molecular weight excluding hydrogens is 304 g/mol. The van der Waals surface area contributed by atoms with Crippen molar-refractivity contribution >= 4 is 7.60 Å². The molecule has 0 heterocycles. The largest absolute Gasteiger partial charge is 0.762 e. The summed E-state index contributed by atoms with van der Waals surface area (Å²) in [7, 11) is -4.25. The zero-order chi connectivity index (χ0) is 16.1. The molecule has 0 spiro atoms. The van der Waals surface area contributed by atoms with Crippen molar-refractivity contribution in [2.75, 3.05) is 19.8 Å². The van der Waals surface area contributed by atoms with Crippen LogP contribution in [0.25, 0.3) is 0 Å². The highest BCUT2D eigenvalue weighted by Crippen LogP contribution is 2.63. The highest BCUT2D eigenvalue weighted by atomic mass is 31.2. The van der Waals surface area contributed by atoms with Gasteiger partial charge in [0, 0.05) is 0 Å². The Kier molecular flexibility index (Phi) is 6.42. The second-order valence-corrected chi connectivity index (χ2v) is 6.42. The highest BCUT2D eigenvalue weighted by Gasteiger charge is 2.51. The fourth-order valence-electron chi connectivity index (χ4n) is 1.85. The van der Waals surface area contributed by atoms with Gasteiger partial charge in [-0.1, -0.05) is 12.1 Å². The first-order valence-electron chi connectivity index (χ1n) is 6.30. The van der Waals surface area contributed by atoms with Crippen molar-refractivity contribution in [3.63, 3.8) is 0 Å². The molecule has 0 saturated carbocycles. The van der Waals surface area contributed by atoms with Gasteiger partial charge < -0.3 is 24.6 Å². The number of rotatable bonds is 8. The summed E-state index contributed by atoms with van der Waals surface area (Å²) in [5, 5.41) is 27.4. The minimum Gasteiger partial charge on any atom is -0.762 e. The molecule has 0 amide bonds. The molecular formula is C12H18FNO6P-. The summed E-state index contributed by atoms with van der Waals surface area (Å²) >= 11 is 0. The van der Waals surface area contributed by atoms with E-state index in [-0.39, 0.29) is 18.8 Å². The molecule has 120 valence electrons. The van der Waals surface area contributed by atoms with Gasteiger partial charge in [-0.3, -0.25) is 9.79 Å². The molecule has 0 unspecified atom stereocenters. The smallest absolute Gasteiger partial charge is 0.367 e. The number of benzene rings is 1. The molecule has 0 saturated heterocycles. The standard InChI is InChI=1S/C12H18FNO6P/c1-3-19-21(18,20-4-2)12(15,9-14(16)17)10-6-5-7-11(13)8-10/h5-8,15-16H,3-4,9H2,1-2H3/q-1/t12-/m0/s1. The first kappa shape index (κ1) is 18.2. The van der Waals surface area contributed by atoms with E-state index in [0.717, 1.165) is 12.1 Å².